The van der Waals surface area contributed by atoms with Crippen LogP contribution in [0.2, 0.25) is 0 Å². The number of nitrogens with zero attached hydrogens (tertiary/aromatic N) is 2. The molecule has 4 heteroatoms. The van der Waals surface area contributed by atoms with Gasteiger partial charge in [0.1, 0.15) is 0 Å². The number of imidazole rings is 1. The van der Waals surface area contributed by atoms with Crippen LogP contribution in [0.4, 0.5) is 0 Å². The SMILES string of the molecule is CCC(C1CCCCC1)n1c(=S)[nH]c2cccnc21. The Morgan fingerprint density at radius 2 is 2.21 bits per heavy atom. The summed E-state index contributed by atoms with van der Waals surface area (Å²) in [6.07, 6.45) is 9.77. The van der Waals surface area contributed by atoms with E-state index < -0.39 is 0 Å². The lowest BCUT2D eigenvalue weighted by atomic mass is 9.83. The summed E-state index contributed by atoms with van der Waals surface area (Å²) in [5.74, 6) is 0.756. The molecule has 2 aromatic heterocycles. The van der Waals surface area contributed by atoms with Crippen LogP contribution in [0.15, 0.2) is 18.3 Å². The minimum atomic E-state index is 0.497. The van der Waals surface area contributed by atoms with E-state index in [1.807, 2.05) is 12.3 Å². The van der Waals surface area contributed by atoms with E-state index in [9.17, 15) is 0 Å². The molecule has 0 bridgehead atoms. The molecule has 1 aliphatic carbocycles. The van der Waals surface area contributed by atoms with Crippen molar-refractivity contribution in [2.75, 3.05) is 0 Å². The van der Waals surface area contributed by atoms with Gasteiger partial charge in [-0.05, 0) is 49.5 Å². The minimum absolute atomic E-state index is 0.497. The number of H-pyrrole nitrogens is 1. The maximum atomic E-state index is 5.53. The molecule has 1 unspecified atom stereocenters. The third kappa shape index (κ3) is 2.34. The Morgan fingerprint density at radius 3 is 2.95 bits per heavy atom. The van der Waals surface area contributed by atoms with Crippen molar-refractivity contribution in [3.05, 3.63) is 23.1 Å². The molecule has 2 aromatic rings. The predicted octanol–water partition coefficient (Wildman–Crippen LogP) is 4.63. The molecule has 3 rings (SSSR count). The molecule has 19 heavy (non-hydrogen) atoms. The molecule has 3 nitrogen and oxygen atoms in total. The number of fused-ring (bicyclic) bond motifs is 1. The zero-order chi connectivity index (χ0) is 13.2. The highest BCUT2D eigenvalue weighted by Crippen LogP contribution is 2.36. The molecule has 102 valence electrons. The highest BCUT2D eigenvalue weighted by Gasteiger charge is 2.25. The molecule has 0 radical (unpaired) electrons. The Morgan fingerprint density at radius 1 is 1.42 bits per heavy atom. The Kier molecular flexibility index (Phi) is 3.69. The van der Waals surface area contributed by atoms with E-state index in [-0.39, 0.29) is 0 Å². The maximum Gasteiger partial charge on any atom is 0.179 e. The molecule has 0 aromatic carbocycles. The van der Waals surface area contributed by atoms with Crippen molar-refractivity contribution in [3.63, 3.8) is 0 Å². The summed E-state index contributed by atoms with van der Waals surface area (Å²) in [4.78, 5) is 7.83. The third-order valence-electron chi connectivity index (χ3n) is 4.42. The van der Waals surface area contributed by atoms with Crippen molar-refractivity contribution >= 4 is 23.4 Å². The molecule has 0 spiro atoms. The fourth-order valence-electron chi connectivity index (χ4n) is 3.51. The lowest BCUT2D eigenvalue weighted by Gasteiger charge is -2.30. The molecule has 1 N–H and O–H groups in total. The number of hydrogen-bond donors (Lipinski definition) is 1. The van der Waals surface area contributed by atoms with Crippen LogP contribution in [0.1, 0.15) is 51.5 Å². The average molecular weight is 275 g/mol. The van der Waals surface area contributed by atoms with Crippen molar-refractivity contribution in [2.45, 2.75) is 51.5 Å². The molecule has 2 heterocycles. The van der Waals surface area contributed by atoms with Crippen LogP contribution in [0.25, 0.3) is 11.2 Å². The standard InChI is InChI=1S/C15H21N3S/c1-2-13(11-7-4-3-5-8-11)18-14-12(17-15(18)19)9-6-10-16-14/h6,9-11,13H,2-5,7-8H2,1H3,(H,17,19). The first-order valence-corrected chi connectivity index (χ1v) is 7.77. The van der Waals surface area contributed by atoms with E-state index >= 15 is 0 Å². The minimum Gasteiger partial charge on any atom is -0.329 e. The van der Waals surface area contributed by atoms with Crippen molar-refractivity contribution < 1.29 is 0 Å². The summed E-state index contributed by atoms with van der Waals surface area (Å²) in [7, 11) is 0. The second-order valence-electron chi connectivity index (χ2n) is 5.55. The lowest BCUT2D eigenvalue weighted by Crippen LogP contribution is -2.21. The zero-order valence-electron chi connectivity index (χ0n) is 11.4. The molecule has 1 fully saturated rings. The predicted molar refractivity (Wildman–Crippen MR) is 80.8 cm³/mol. The first-order chi connectivity index (χ1) is 9.31. The van der Waals surface area contributed by atoms with Gasteiger partial charge in [-0.1, -0.05) is 26.2 Å². The molecule has 0 aliphatic heterocycles. The fraction of sp³-hybridized carbons (Fsp3) is 0.600. The molecule has 0 amide bonds. The Labute approximate surface area is 119 Å². The summed E-state index contributed by atoms with van der Waals surface area (Å²) in [5, 5.41) is 0. The molecule has 1 aliphatic rings. The Bertz CT molecular complexity index is 607. The smallest absolute Gasteiger partial charge is 0.179 e. The number of rotatable bonds is 3. The van der Waals surface area contributed by atoms with Gasteiger partial charge < -0.3 is 4.98 Å². The van der Waals surface area contributed by atoms with Gasteiger partial charge in [0.05, 0.1) is 5.52 Å². The second kappa shape index (κ2) is 5.45. The van der Waals surface area contributed by atoms with Crippen LogP contribution >= 0.6 is 12.2 Å². The van der Waals surface area contributed by atoms with E-state index in [0.717, 1.165) is 28.3 Å². The number of nitrogens with one attached hydrogen (secondary N) is 1. The van der Waals surface area contributed by atoms with Crippen LogP contribution in [0, 0.1) is 10.7 Å². The van der Waals surface area contributed by atoms with Gasteiger partial charge in [0.2, 0.25) is 0 Å². The third-order valence-corrected chi connectivity index (χ3v) is 4.72. The van der Waals surface area contributed by atoms with Crippen LogP contribution in [-0.2, 0) is 0 Å². The van der Waals surface area contributed by atoms with Gasteiger partial charge in [-0.25, -0.2) is 4.98 Å². The normalized spacial score (nSPS) is 18.8. The monoisotopic (exact) mass is 275 g/mol. The van der Waals surface area contributed by atoms with Crippen LogP contribution in [0.5, 0.6) is 0 Å². The summed E-state index contributed by atoms with van der Waals surface area (Å²) < 4.78 is 3.09. The average Bonchev–Trinajstić information content (AvgIpc) is 2.78. The van der Waals surface area contributed by atoms with Gasteiger partial charge in [-0.3, -0.25) is 4.57 Å². The van der Waals surface area contributed by atoms with E-state index in [1.54, 1.807) is 0 Å². The Balaban J connectivity index is 2.05. The number of aromatic nitrogens is 3. The first-order valence-electron chi connectivity index (χ1n) is 7.36. The van der Waals surface area contributed by atoms with Gasteiger partial charge in [-0.15, -0.1) is 0 Å². The van der Waals surface area contributed by atoms with Crippen molar-refractivity contribution in [1.82, 2.24) is 14.5 Å². The van der Waals surface area contributed by atoms with Gasteiger partial charge in [0.15, 0.2) is 10.4 Å². The van der Waals surface area contributed by atoms with E-state index in [1.165, 1.54) is 32.1 Å². The zero-order valence-corrected chi connectivity index (χ0v) is 12.2. The number of hydrogen-bond acceptors (Lipinski definition) is 2. The molecule has 0 saturated heterocycles. The molecular weight excluding hydrogens is 254 g/mol. The topological polar surface area (TPSA) is 33.6 Å². The van der Waals surface area contributed by atoms with Gasteiger partial charge >= 0.3 is 0 Å². The number of pyridine rings is 1. The van der Waals surface area contributed by atoms with Crippen LogP contribution in [0.3, 0.4) is 0 Å². The highest BCUT2D eigenvalue weighted by molar-refractivity contribution is 7.71. The Hall–Kier alpha value is -1.16. The molecule has 1 atom stereocenters. The largest absolute Gasteiger partial charge is 0.329 e. The van der Waals surface area contributed by atoms with Crippen LogP contribution in [-0.4, -0.2) is 14.5 Å². The van der Waals surface area contributed by atoms with Crippen molar-refractivity contribution in [3.8, 4) is 0 Å². The highest BCUT2D eigenvalue weighted by atomic mass is 32.1. The van der Waals surface area contributed by atoms with E-state index in [2.05, 4.69) is 27.5 Å². The first kappa shape index (κ1) is 12.9. The second-order valence-corrected chi connectivity index (χ2v) is 5.94. The summed E-state index contributed by atoms with van der Waals surface area (Å²) >= 11 is 5.53. The molecule has 1 saturated carbocycles. The summed E-state index contributed by atoms with van der Waals surface area (Å²) in [6.45, 7) is 2.27. The maximum absolute atomic E-state index is 5.53. The summed E-state index contributed by atoms with van der Waals surface area (Å²) in [6, 6.07) is 4.51. The lowest BCUT2D eigenvalue weighted by molar-refractivity contribution is 0.245. The van der Waals surface area contributed by atoms with Crippen LogP contribution < -0.4 is 0 Å². The van der Waals surface area contributed by atoms with Gasteiger partial charge in [0, 0.05) is 12.2 Å². The number of aromatic amines is 1. The molecular formula is C15H21N3S. The van der Waals surface area contributed by atoms with E-state index in [0.29, 0.717) is 6.04 Å². The van der Waals surface area contributed by atoms with Gasteiger partial charge in [-0.2, -0.15) is 0 Å². The van der Waals surface area contributed by atoms with Crippen molar-refractivity contribution in [1.29, 1.82) is 0 Å². The van der Waals surface area contributed by atoms with Crippen molar-refractivity contribution in [2.24, 2.45) is 5.92 Å². The summed E-state index contributed by atoms with van der Waals surface area (Å²) in [5.41, 5.74) is 2.08. The van der Waals surface area contributed by atoms with Gasteiger partial charge in [0.25, 0.3) is 0 Å². The quantitative estimate of drug-likeness (QED) is 0.829. The fourth-order valence-corrected chi connectivity index (χ4v) is 3.84. The van der Waals surface area contributed by atoms with E-state index in [4.69, 9.17) is 12.2 Å².